The first-order valence-corrected chi connectivity index (χ1v) is 20.1. The van der Waals surface area contributed by atoms with Crippen LogP contribution in [-0.2, 0) is 4.74 Å². The molecule has 5 aliphatic rings. The summed E-state index contributed by atoms with van der Waals surface area (Å²) in [7, 11) is 0. The Hall–Kier alpha value is -1.11. The normalized spacial score (nSPS) is 34.3. The van der Waals surface area contributed by atoms with Crippen LogP contribution in [0.2, 0.25) is 0 Å². The molecule has 0 bridgehead atoms. The molecule has 5 rings (SSSR count). The number of hydrogen-bond donors (Lipinski definition) is 3. The van der Waals surface area contributed by atoms with Crippen molar-refractivity contribution in [2.24, 2.45) is 62.7 Å². The van der Waals surface area contributed by atoms with E-state index < -0.39 is 0 Å². The van der Waals surface area contributed by atoms with Gasteiger partial charge in [0.05, 0.1) is 0 Å². The lowest BCUT2D eigenvalue weighted by Gasteiger charge is -2.58. The van der Waals surface area contributed by atoms with Crippen LogP contribution in [0, 0.1) is 51.2 Å². The van der Waals surface area contributed by atoms with Crippen LogP contribution in [0.15, 0.2) is 11.6 Å². The van der Waals surface area contributed by atoms with Gasteiger partial charge in [-0.05, 0) is 148 Å². The smallest absolute Gasteiger partial charge is 0.410 e. The first kappa shape index (κ1) is 37.2. The van der Waals surface area contributed by atoms with Crippen molar-refractivity contribution in [3.8, 4) is 0 Å². The maximum atomic E-state index is 13.7. The highest BCUT2D eigenvalue weighted by molar-refractivity contribution is 5.68. The second kappa shape index (κ2) is 15.4. The predicted molar refractivity (Wildman–Crippen MR) is 196 cm³/mol. The molecular weight excluding hydrogens is 580 g/mol. The molecule has 4 fully saturated rings. The summed E-state index contributed by atoms with van der Waals surface area (Å²) in [5.41, 5.74) is 14.7. The Morgan fingerprint density at radius 1 is 1.02 bits per heavy atom. The lowest BCUT2D eigenvalue weighted by molar-refractivity contribution is -0.0537. The molecular formula is C41H74N4O2. The lowest BCUT2D eigenvalue weighted by atomic mass is 9.47. The van der Waals surface area contributed by atoms with E-state index >= 15 is 0 Å². The van der Waals surface area contributed by atoms with Gasteiger partial charge in [0, 0.05) is 26.1 Å². The minimum atomic E-state index is -0.138. The Bertz CT molecular complexity index is 1070. The number of allylic oxidation sites excluding steroid dienone is 1. The summed E-state index contributed by atoms with van der Waals surface area (Å²) in [6.45, 7) is 19.0. The molecule has 5 N–H and O–H groups in total. The van der Waals surface area contributed by atoms with E-state index in [0.717, 1.165) is 87.9 Å². The monoisotopic (exact) mass is 655 g/mol. The molecule has 6 nitrogen and oxygen atoms in total. The molecule has 0 radical (unpaired) electrons. The molecule has 0 saturated heterocycles. The fourth-order valence-corrected chi connectivity index (χ4v) is 10.8. The average molecular weight is 655 g/mol. The van der Waals surface area contributed by atoms with Crippen LogP contribution >= 0.6 is 0 Å². The van der Waals surface area contributed by atoms with Crippen molar-refractivity contribution >= 4 is 6.09 Å². The number of nitrogens with two attached hydrogens (primary N) is 2. The molecule has 0 aromatic heterocycles. The second-order valence-electron chi connectivity index (χ2n) is 18.9. The molecule has 4 saturated carbocycles. The number of carbonyl (C=O) groups is 1. The standard InChI is InChI=1S/C41H74N4O2/c1-30(2)11-7-8-12-31-14-16-35-34-15-13-32-25-33(17-19-40(32,6)36(34)18-20-39(31,35)5)47-37(46)45(29-38(3,4)26-42)24-10-9-23-44-28-41(27-43)21-22-41/h13,30-31,33-36,44H,7-12,14-29,42-43H2,1-6H3. The number of fused-ring (bicyclic) bond motifs is 5. The third kappa shape index (κ3) is 8.62. The molecule has 1 amide bonds. The van der Waals surface area contributed by atoms with Gasteiger partial charge in [-0.15, -0.1) is 0 Å². The molecule has 47 heavy (non-hydrogen) atoms. The van der Waals surface area contributed by atoms with Crippen LogP contribution in [0.5, 0.6) is 0 Å². The third-order valence-electron chi connectivity index (χ3n) is 14.5. The zero-order valence-electron chi connectivity index (χ0n) is 31.5. The first-order valence-electron chi connectivity index (χ1n) is 20.1. The molecule has 7 unspecified atom stereocenters. The molecule has 0 aromatic carbocycles. The van der Waals surface area contributed by atoms with E-state index in [1.165, 1.54) is 70.6 Å². The summed E-state index contributed by atoms with van der Waals surface area (Å²) >= 11 is 0. The number of nitrogens with one attached hydrogen (secondary N) is 1. The zero-order chi connectivity index (χ0) is 33.9. The maximum Gasteiger partial charge on any atom is 0.410 e. The van der Waals surface area contributed by atoms with E-state index in [1.54, 1.807) is 5.57 Å². The fourth-order valence-electron chi connectivity index (χ4n) is 10.8. The van der Waals surface area contributed by atoms with Crippen molar-refractivity contribution in [2.75, 3.05) is 39.3 Å². The van der Waals surface area contributed by atoms with Crippen molar-refractivity contribution in [1.82, 2.24) is 10.2 Å². The summed E-state index contributed by atoms with van der Waals surface area (Å²) in [5, 5.41) is 3.61. The highest BCUT2D eigenvalue weighted by Crippen LogP contribution is 2.67. The third-order valence-corrected chi connectivity index (χ3v) is 14.5. The summed E-state index contributed by atoms with van der Waals surface area (Å²) in [5.74, 6) is 4.31. The van der Waals surface area contributed by atoms with Crippen molar-refractivity contribution in [3.63, 3.8) is 0 Å². The minimum absolute atomic E-state index is 0.00918. The summed E-state index contributed by atoms with van der Waals surface area (Å²) in [4.78, 5) is 15.7. The van der Waals surface area contributed by atoms with Crippen LogP contribution in [-0.4, -0.2) is 56.4 Å². The van der Waals surface area contributed by atoms with Gasteiger partial charge in [0.1, 0.15) is 6.10 Å². The molecule has 5 aliphatic carbocycles. The van der Waals surface area contributed by atoms with Gasteiger partial charge in [0.15, 0.2) is 0 Å². The molecule has 0 aliphatic heterocycles. The summed E-state index contributed by atoms with van der Waals surface area (Å²) < 4.78 is 6.36. The zero-order valence-corrected chi connectivity index (χ0v) is 31.5. The number of ether oxygens (including phenoxy) is 1. The van der Waals surface area contributed by atoms with Crippen LogP contribution < -0.4 is 16.8 Å². The average Bonchev–Trinajstić information content (AvgIpc) is 3.74. The number of amides is 1. The predicted octanol–water partition coefficient (Wildman–Crippen LogP) is 8.68. The number of unbranched alkanes of at least 4 members (excludes halogenated alkanes) is 2. The van der Waals surface area contributed by atoms with E-state index in [1.807, 2.05) is 4.90 Å². The Kier molecular flexibility index (Phi) is 12.2. The van der Waals surface area contributed by atoms with Crippen molar-refractivity contribution in [2.45, 2.75) is 150 Å². The van der Waals surface area contributed by atoms with E-state index in [2.05, 4.69) is 52.9 Å². The van der Waals surface area contributed by atoms with Gasteiger partial charge in [-0.1, -0.05) is 72.5 Å². The molecule has 7 atom stereocenters. The molecule has 270 valence electrons. The highest BCUT2D eigenvalue weighted by Gasteiger charge is 2.58. The van der Waals surface area contributed by atoms with E-state index in [9.17, 15) is 4.79 Å². The first-order chi connectivity index (χ1) is 22.3. The Morgan fingerprint density at radius 2 is 1.81 bits per heavy atom. The van der Waals surface area contributed by atoms with Gasteiger partial charge >= 0.3 is 6.09 Å². The SMILES string of the molecule is CC(C)CCCCC1CCC2C3CC=C4CC(OC(=O)N(CCCCNCC5(CN)CC5)CC(C)(C)CN)CCC4(C)C3CCC12C. The topological polar surface area (TPSA) is 93.6 Å². The van der Waals surface area contributed by atoms with Gasteiger partial charge in [0.25, 0.3) is 0 Å². The molecule has 0 heterocycles. The van der Waals surface area contributed by atoms with E-state index in [4.69, 9.17) is 16.2 Å². The Morgan fingerprint density at radius 3 is 2.51 bits per heavy atom. The van der Waals surface area contributed by atoms with Gasteiger partial charge in [-0.2, -0.15) is 0 Å². The van der Waals surface area contributed by atoms with Gasteiger partial charge in [0.2, 0.25) is 0 Å². The minimum Gasteiger partial charge on any atom is -0.446 e. The van der Waals surface area contributed by atoms with Crippen LogP contribution in [0.1, 0.15) is 144 Å². The van der Waals surface area contributed by atoms with Crippen LogP contribution in [0.4, 0.5) is 4.79 Å². The number of hydrogen-bond acceptors (Lipinski definition) is 5. The van der Waals surface area contributed by atoms with Crippen LogP contribution in [0.25, 0.3) is 0 Å². The maximum absolute atomic E-state index is 13.7. The Balaban J connectivity index is 1.14. The molecule has 0 spiro atoms. The summed E-state index contributed by atoms with van der Waals surface area (Å²) in [6, 6.07) is 0. The highest BCUT2D eigenvalue weighted by atomic mass is 16.6. The quantitative estimate of drug-likeness (QED) is 0.108. The number of nitrogens with zero attached hydrogens (tertiary/aromatic N) is 1. The van der Waals surface area contributed by atoms with Crippen molar-refractivity contribution in [3.05, 3.63) is 11.6 Å². The van der Waals surface area contributed by atoms with Crippen molar-refractivity contribution in [1.29, 1.82) is 0 Å². The number of rotatable bonds is 17. The van der Waals surface area contributed by atoms with Crippen LogP contribution in [0.3, 0.4) is 0 Å². The largest absolute Gasteiger partial charge is 0.446 e. The molecule has 0 aromatic rings. The van der Waals surface area contributed by atoms with Gasteiger partial charge < -0.3 is 26.4 Å². The number of carbonyl (C=O) groups excluding carboxylic acids is 1. The molecule has 6 heteroatoms. The van der Waals surface area contributed by atoms with Gasteiger partial charge in [-0.3, -0.25) is 0 Å². The van der Waals surface area contributed by atoms with Gasteiger partial charge in [-0.25, -0.2) is 4.79 Å². The second-order valence-corrected chi connectivity index (χ2v) is 18.9. The fraction of sp³-hybridized carbons (Fsp3) is 0.927. The van der Waals surface area contributed by atoms with E-state index in [-0.39, 0.29) is 23.0 Å². The van der Waals surface area contributed by atoms with Crippen molar-refractivity contribution < 1.29 is 9.53 Å². The Labute approximate surface area is 289 Å². The van der Waals surface area contributed by atoms with E-state index in [0.29, 0.717) is 23.9 Å². The lowest BCUT2D eigenvalue weighted by Crippen LogP contribution is -2.51. The summed E-state index contributed by atoms with van der Waals surface area (Å²) in [6.07, 6.45) is 22.7.